The van der Waals surface area contributed by atoms with E-state index in [-0.39, 0.29) is 16.7 Å². The van der Waals surface area contributed by atoms with Crippen LogP contribution in [0.2, 0.25) is 0 Å². The van der Waals surface area contributed by atoms with Gasteiger partial charge in [0, 0.05) is 11.4 Å². The van der Waals surface area contributed by atoms with Crippen molar-refractivity contribution in [3.63, 3.8) is 0 Å². The van der Waals surface area contributed by atoms with E-state index in [1.165, 1.54) is 23.1 Å². The second-order valence-electron chi connectivity index (χ2n) is 6.50. The number of benzene rings is 1. The number of nitrogens with one attached hydrogen (secondary N) is 2. The highest BCUT2D eigenvalue weighted by Gasteiger charge is 2.16. The summed E-state index contributed by atoms with van der Waals surface area (Å²) >= 11 is 2.97. The largest absolute Gasteiger partial charge is 0.497 e. The van der Waals surface area contributed by atoms with Gasteiger partial charge in [0.1, 0.15) is 16.4 Å². The number of hydrogen-bond acceptors (Lipinski definition) is 6. The SMILES string of the molecule is COc1ccc(CNC(=O)C(C)SCc2nc3sc(C)c(C)c3c(=O)[nH]2)cc1. The van der Waals surface area contributed by atoms with Crippen LogP contribution in [0.15, 0.2) is 29.1 Å². The molecule has 28 heavy (non-hydrogen) atoms. The Kier molecular flexibility index (Phi) is 6.41. The van der Waals surface area contributed by atoms with E-state index in [0.29, 0.717) is 23.5 Å². The first-order valence-corrected chi connectivity index (χ1v) is 10.8. The molecule has 0 saturated carbocycles. The maximum atomic E-state index is 12.3. The van der Waals surface area contributed by atoms with Crippen LogP contribution in [0.4, 0.5) is 0 Å². The van der Waals surface area contributed by atoms with Crippen LogP contribution >= 0.6 is 23.1 Å². The number of H-pyrrole nitrogens is 1. The summed E-state index contributed by atoms with van der Waals surface area (Å²) in [6, 6.07) is 7.58. The van der Waals surface area contributed by atoms with Crippen molar-refractivity contribution < 1.29 is 9.53 Å². The number of aromatic nitrogens is 2. The minimum absolute atomic E-state index is 0.0490. The van der Waals surface area contributed by atoms with Crippen LogP contribution in [0.3, 0.4) is 0 Å². The fourth-order valence-electron chi connectivity index (χ4n) is 2.72. The topological polar surface area (TPSA) is 84.1 Å². The van der Waals surface area contributed by atoms with Gasteiger partial charge in [0.05, 0.1) is 23.5 Å². The van der Waals surface area contributed by atoms with E-state index >= 15 is 0 Å². The number of aromatic amines is 1. The van der Waals surface area contributed by atoms with Gasteiger partial charge in [0.15, 0.2) is 0 Å². The number of fused-ring (bicyclic) bond motifs is 1. The molecule has 1 aromatic carbocycles. The Bertz CT molecular complexity index is 1040. The predicted molar refractivity (Wildman–Crippen MR) is 115 cm³/mol. The van der Waals surface area contributed by atoms with Gasteiger partial charge in [0.25, 0.3) is 5.56 Å². The average Bonchev–Trinajstić information content (AvgIpc) is 2.98. The van der Waals surface area contributed by atoms with E-state index < -0.39 is 0 Å². The van der Waals surface area contributed by atoms with Crippen LogP contribution in [0, 0.1) is 13.8 Å². The van der Waals surface area contributed by atoms with Gasteiger partial charge in [-0.25, -0.2) is 4.98 Å². The molecule has 3 rings (SSSR count). The number of aryl methyl sites for hydroxylation is 2. The molecule has 0 bridgehead atoms. The summed E-state index contributed by atoms with van der Waals surface area (Å²) in [4.78, 5) is 33.9. The van der Waals surface area contributed by atoms with E-state index in [0.717, 1.165) is 26.6 Å². The van der Waals surface area contributed by atoms with Crippen molar-refractivity contribution in [1.82, 2.24) is 15.3 Å². The monoisotopic (exact) mass is 417 g/mol. The number of amides is 1. The zero-order valence-corrected chi connectivity index (χ0v) is 17.9. The first-order chi connectivity index (χ1) is 13.4. The Balaban J connectivity index is 1.57. The molecule has 148 valence electrons. The zero-order chi connectivity index (χ0) is 20.3. The highest BCUT2D eigenvalue weighted by Crippen LogP contribution is 2.26. The maximum Gasteiger partial charge on any atom is 0.259 e. The van der Waals surface area contributed by atoms with Gasteiger partial charge in [-0.05, 0) is 44.0 Å². The number of hydrogen-bond donors (Lipinski definition) is 2. The van der Waals surface area contributed by atoms with Gasteiger partial charge in [-0.3, -0.25) is 9.59 Å². The summed E-state index contributed by atoms with van der Waals surface area (Å²) in [5, 5.41) is 3.34. The molecule has 1 amide bonds. The molecule has 0 spiro atoms. The van der Waals surface area contributed by atoms with E-state index in [1.807, 2.05) is 45.0 Å². The highest BCUT2D eigenvalue weighted by atomic mass is 32.2. The summed E-state index contributed by atoms with van der Waals surface area (Å²) in [5.41, 5.74) is 1.88. The van der Waals surface area contributed by atoms with E-state index in [1.54, 1.807) is 7.11 Å². The van der Waals surface area contributed by atoms with Crippen LogP contribution in [0.5, 0.6) is 5.75 Å². The Morgan fingerprint density at radius 3 is 2.71 bits per heavy atom. The van der Waals surface area contributed by atoms with Gasteiger partial charge in [-0.1, -0.05) is 12.1 Å². The van der Waals surface area contributed by atoms with Gasteiger partial charge >= 0.3 is 0 Å². The molecule has 1 atom stereocenters. The van der Waals surface area contributed by atoms with Crippen molar-refractivity contribution in [2.75, 3.05) is 7.11 Å². The lowest BCUT2D eigenvalue weighted by molar-refractivity contribution is -0.120. The van der Waals surface area contributed by atoms with E-state index in [4.69, 9.17) is 4.74 Å². The summed E-state index contributed by atoms with van der Waals surface area (Å²) < 4.78 is 5.13. The van der Waals surface area contributed by atoms with Gasteiger partial charge in [-0.15, -0.1) is 23.1 Å². The molecule has 0 saturated heterocycles. The number of nitrogens with zero attached hydrogens (tertiary/aromatic N) is 1. The van der Waals surface area contributed by atoms with Crippen molar-refractivity contribution in [2.24, 2.45) is 0 Å². The van der Waals surface area contributed by atoms with Crippen LogP contribution in [0.25, 0.3) is 10.2 Å². The standard InChI is InChI=1S/C20H23N3O3S2/c1-11-12(2)28-20-17(11)19(25)22-16(23-20)10-27-13(3)18(24)21-9-14-5-7-15(26-4)8-6-14/h5-8,13H,9-10H2,1-4H3,(H,21,24)(H,22,23,25). The molecular formula is C20H23N3O3S2. The second kappa shape index (κ2) is 8.79. The summed E-state index contributed by atoms with van der Waals surface area (Å²) in [7, 11) is 1.62. The van der Waals surface area contributed by atoms with Crippen LogP contribution < -0.4 is 15.6 Å². The smallest absolute Gasteiger partial charge is 0.259 e. The molecule has 0 radical (unpaired) electrons. The first kappa shape index (κ1) is 20.4. The summed E-state index contributed by atoms with van der Waals surface area (Å²) in [6.07, 6.45) is 0. The number of thiophene rings is 1. The quantitative estimate of drug-likeness (QED) is 0.614. The minimum Gasteiger partial charge on any atom is -0.497 e. The molecule has 0 aliphatic carbocycles. The van der Waals surface area contributed by atoms with Gasteiger partial charge in [-0.2, -0.15) is 0 Å². The third kappa shape index (κ3) is 4.56. The van der Waals surface area contributed by atoms with Crippen LogP contribution in [-0.4, -0.2) is 28.2 Å². The number of carbonyl (C=O) groups is 1. The van der Waals surface area contributed by atoms with Crippen molar-refractivity contribution in [1.29, 1.82) is 0 Å². The third-order valence-electron chi connectivity index (χ3n) is 4.55. The molecule has 0 aliphatic heterocycles. The number of thioether (sulfide) groups is 1. The Morgan fingerprint density at radius 2 is 2.04 bits per heavy atom. The molecule has 2 heterocycles. The summed E-state index contributed by atoms with van der Waals surface area (Å²) in [5.74, 6) is 1.80. The van der Waals surface area contributed by atoms with Crippen molar-refractivity contribution in [3.8, 4) is 5.75 Å². The van der Waals surface area contributed by atoms with E-state index in [9.17, 15) is 9.59 Å². The summed E-state index contributed by atoms with van der Waals surface area (Å²) in [6.45, 7) is 6.24. The molecule has 2 N–H and O–H groups in total. The number of ether oxygens (including phenoxy) is 1. The van der Waals surface area contributed by atoms with Crippen LogP contribution in [0.1, 0.15) is 28.8 Å². The van der Waals surface area contributed by atoms with Gasteiger partial charge < -0.3 is 15.0 Å². The lowest BCUT2D eigenvalue weighted by atomic mass is 10.2. The Labute approximate surface area is 171 Å². The fraction of sp³-hybridized carbons (Fsp3) is 0.350. The third-order valence-corrected chi connectivity index (χ3v) is 6.81. The molecule has 3 aromatic rings. The molecule has 8 heteroatoms. The first-order valence-electron chi connectivity index (χ1n) is 8.90. The second-order valence-corrected chi connectivity index (χ2v) is 9.03. The molecule has 6 nitrogen and oxygen atoms in total. The normalized spacial score (nSPS) is 12.1. The predicted octanol–water partition coefficient (Wildman–Crippen LogP) is 3.55. The van der Waals surface area contributed by atoms with Gasteiger partial charge in [0.2, 0.25) is 5.91 Å². The zero-order valence-electron chi connectivity index (χ0n) is 16.3. The van der Waals surface area contributed by atoms with E-state index in [2.05, 4.69) is 15.3 Å². The molecular weight excluding hydrogens is 394 g/mol. The molecule has 0 aliphatic rings. The number of methoxy groups -OCH3 is 1. The lowest BCUT2D eigenvalue weighted by Crippen LogP contribution is -2.30. The lowest BCUT2D eigenvalue weighted by Gasteiger charge is -2.12. The van der Waals surface area contributed by atoms with Crippen molar-refractivity contribution in [3.05, 3.63) is 56.4 Å². The molecule has 1 unspecified atom stereocenters. The highest BCUT2D eigenvalue weighted by molar-refractivity contribution is 7.99. The van der Waals surface area contributed by atoms with Crippen molar-refractivity contribution >= 4 is 39.2 Å². The maximum absolute atomic E-state index is 12.3. The fourth-order valence-corrected chi connectivity index (χ4v) is 4.55. The molecule has 2 aromatic heterocycles. The average molecular weight is 418 g/mol. The number of carbonyl (C=O) groups excluding carboxylic acids is 1. The van der Waals surface area contributed by atoms with Crippen molar-refractivity contribution in [2.45, 2.75) is 38.3 Å². The Morgan fingerprint density at radius 1 is 1.32 bits per heavy atom. The Hall–Kier alpha value is -2.32. The van der Waals surface area contributed by atoms with Crippen LogP contribution in [-0.2, 0) is 17.1 Å². The number of rotatable bonds is 7. The minimum atomic E-state index is -0.258. The molecule has 0 fully saturated rings.